The lowest BCUT2D eigenvalue weighted by Gasteiger charge is -2.22. The second-order valence-corrected chi connectivity index (χ2v) is 7.36. The Hall–Kier alpha value is -3.06. The molecule has 1 aliphatic rings. The third-order valence-corrected chi connectivity index (χ3v) is 5.20. The number of ether oxygens (including phenoxy) is 2. The molecule has 0 saturated carbocycles. The normalized spacial score (nSPS) is 12.2. The largest absolute Gasteiger partial charge is 0.454 e. The highest BCUT2D eigenvalue weighted by molar-refractivity contribution is 6.33. The van der Waals surface area contributed by atoms with E-state index < -0.39 is 0 Å². The van der Waals surface area contributed by atoms with Crippen molar-refractivity contribution >= 4 is 17.5 Å². The average Bonchev–Trinajstić information content (AvgIpc) is 3.42. The molecule has 3 aromatic rings. The fourth-order valence-corrected chi connectivity index (χ4v) is 3.43. The maximum atomic E-state index is 13.0. The van der Waals surface area contributed by atoms with E-state index in [4.69, 9.17) is 25.6 Å². The van der Waals surface area contributed by atoms with Crippen molar-refractivity contribution in [1.82, 2.24) is 15.0 Å². The number of benzene rings is 2. The van der Waals surface area contributed by atoms with Gasteiger partial charge in [0.2, 0.25) is 18.5 Å². The van der Waals surface area contributed by atoms with E-state index >= 15 is 0 Å². The smallest absolute Gasteiger partial charge is 0.255 e. The van der Waals surface area contributed by atoms with Crippen molar-refractivity contribution in [3.05, 3.63) is 58.9 Å². The molecular formula is C22H22ClN3O4. The number of carbonyl (C=O) groups excluding carboxylic acids is 1. The van der Waals surface area contributed by atoms with Crippen LogP contribution in [-0.4, -0.2) is 40.8 Å². The van der Waals surface area contributed by atoms with Crippen molar-refractivity contribution in [3.63, 3.8) is 0 Å². The number of amides is 1. The minimum Gasteiger partial charge on any atom is -0.454 e. The average molecular weight is 428 g/mol. The van der Waals surface area contributed by atoms with Crippen LogP contribution in [-0.2, 0) is 6.42 Å². The van der Waals surface area contributed by atoms with Gasteiger partial charge in [0.25, 0.3) is 5.91 Å². The lowest BCUT2D eigenvalue weighted by atomic mass is 10.1. The standard InChI is InChI=1S/C22H22ClN3O4/c1-2-3-11-26(22(27)16-6-4-5-7-17(16)23)12-10-20-24-21(25-30-20)15-8-9-18-19(13-15)29-14-28-18/h4-9,13H,2-3,10-12,14H2,1H3. The summed E-state index contributed by atoms with van der Waals surface area (Å²) in [4.78, 5) is 19.2. The second kappa shape index (κ2) is 9.17. The number of hydrogen-bond acceptors (Lipinski definition) is 6. The number of aromatic nitrogens is 2. The third kappa shape index (κ3) is 4.41. The van der Waals surface area contributed by atoms with Crippen LogP contribution < -0.4 is 9.47 Å². The first kappa shape index (κ1) is 20.2. The molecule has 2 heterocycles. The predicted octanol–water partition coefficient (Wildman–Crippen LogP) is 4.60. The molecule has 8 heteroatoms. The summed E-state index contributed by atoms with van der Waals surface area (Å²) in [5.41, 5.74) is 1.28. The van der Waals surface area contributed by atoms with Crippen LogP contribution in [0.3, 0.4) is 0 Å². The summed E-state index contributed by atoms with van der Waals surface area (Å²) in [7, 11) is 0. The molecule has 0 unspecified atom stereocenters. The zero-order chi connectivity index (χ0) is 20.9. The summed E-state index contributed by atoms with van der Waals surface area (Å²) in [5, 5.41) is 4.51. The van der Waals surface area contributed by atoms with Crippen molar-refractivity contribution in [3.8, 4) is 22.9 Å². The van der Waals surface area contributed by atoms with Crippen molar-refractivity contribution in [1.29, 1.82) is 0 Å². The monoisotopic (exact) mass is 427 g/mol. The minimum absolute atomic E-state index is 0.0930. The van der Waals surface area contributed by atoms with Gasteiger partial charge in [0.05, 0.1) is 10.6 Å². The number of carbonyl (C=O) groups is 1. The molecule has 0 radical (unpaired) electrons. The molecule has 1 aliphatic heterocycles. The van der Waals surface area contributed by atoms with Crippen LogP contribution >= 0.6 is 11.6 Å². The number of nitrogens with zero attached hydrogens (tertiary/aromatic N) is 3. The summed E-state index contributed by atoms with van der Waals surface area (Å²) < 4.78 is 16.1. The van der Waals surface area contributed by atoms with Crippen LogP contribution in [0.4, 0.5) is 0 Å². The lowest BCUT2D eigenvalue weighted by molar-refractivity contribution is 0.0752. The zero-order valence-corrected chi connectivity index (χ0v) is 17.4. The third-order valence-electron chi connectivity index (χ3n) is 4.87. The van der Waals surface area contributed by atoms with Crippen LogP contribution in [0.5, 0.6) is 11.5 Å². The van der Waals surface area contributed by atoms with E-state index in [0.29, 0.717) is 53.3 Å². The van der Waals surface area contributed by atoms with E-state index in [-0.39, 0.29) is 12.7 Å². The Balaban J connectivity index is 1.45. The SMILES string of the molecule is CCCCN(CCc1nc(-c2ccc3c(c2)OCO3)no1)C(=O)c1ccccc1Cl. The highest BCUT2D eigenvalue weighted by Crippen LogP contribution is 2.35. The second-order valence-electron chi connectivity index (χ2n) is 6.96. The topological polar surface area (TPSA) is 77.7 Å². The van der Waals surface area contributed by atoms with Gasteiger partial charge in [0, 0.05) is 25.1 Å². The molecule has 0 aliphatic carbocycles. The zero-order valence-electron chi connectivity index (χ0n) is 16.6. The first-order valence-corrected chi connectivity index (χ1v) is 10.3. The van der Waals surface area contributed by atoms with E-state index in [1.54, 1.807) is 17.0 Å². The molecule has 0 saturated heterocycles. The van der Waals surface area contributed by atoms with E-state index in [1.165, 1.54) is 0 Å². The lowest BCUT2D eigenvalue weighted by Crippen LogP contribution is -2.34. The van der Waals surface area contributed by atoms with Gasteiger partial charge in [-0.05, 0) is 36.8 Å². The Kier molecular flexibility index (Phi) is 6.18. The quantitative estimate of drug-likeness (QED) is 0.522. The highest BCUT2D eigenvalue weighted by atomic mass is 35.5. The number of hydrogen-bond donors (Lipinski definition) is 0. The van der Waals surface area contributed by atoms with Gasteiger partial charge in [0.15, 0.2) is 11.5 Å². The Labute approximate surface area is 179 Å². The number of unbranched alkanes of at least 4 members (excludes halogenated alkanes) is 1. The Bertz CT molecular complexity index is 1040. The molecule has 4 rings (SSSR count). The van der Waals surface area contributed by atoms with Crippen molar-refractivity contribution in [2.24, 2.45) is 0 Å². The molecule has 156 valence electrons. The first-order chi connectivity index (χ1) is 14.7. The Morgan fingerprint density at radius 1 is 1.13 bits per heavy atom. The summed E-state index contributed by atoms with van der Waals surface area (Å²) in [6.07, 6.45) is 2.35. The first-order valence-electron chi connectivity index (χ1n) is 9.92. The van der Waals surface area contributed by atoms with Gasteiger partial charge >= 0.3 is 0 Å². The highest BCUT2D eigenvalue weighted by Gasteiger charge is 2.20. The number of rotatable bonds is 8. The molecule has 0 spiro atoms. The Morgan fingerprint density at radius 2 is 1.97 bits per heavy atom. The van der Waals surface area contributed by atoms with E-state index in [0.717, 1.165) is 18.4 Å². The molecule has 0 bridgehead atoms. The molecule has 0 atom stereocenters. The molecule has 1 amide bonds. The van der Waals surface area contributed by atoms with Gasteiger partial charge in [-0.25, -0.2) is 0 Å². The van der Waals surface area contributed by atoms with Crippen molar-refractivity contribution < 1.29 is 18.8 Å². The fraction of sp³-hybridized carbons (Fsp3) is 0.318. The van der Waals surface area contributed by atoms with Crippen LogP contribution in [0.25, 0.3) is 11.4 Å². The summed E-state index contributed by atoms with van der Waals surface area (Å²) >= 11 is 6.22. The number of halogens is 1. The van der Waals surface area contributed by atoms with Crippen LogP contribution in [0.1, 0.15) is 36.0 Å². The number of fused-ring (bicyclic) bond motifs is 1. The van der Waals surface area contributed by atoms with Crippen LogP contribution in [0.15, 0.2) is 47.0 Å². The molecule has 0 N–H and O–H groups in total. The van der Waals surface area contributed by atoms with Gasteiger partial charge in [-0.1, -0.05) is 42.2 Å². The van der Waals surface area contributed by atoms with Crippen molar-refractivity contribution in [2.75, 3.05) is 19.9 Å². The maximum absolute atomic E-state index is 13.0. The van der Waals surface area contributed by atoms with Crippen LogP contribution in [0.2, 0.25) is 5.02 Å². The molecular weight excluding hydrogens is 406 g/mol. The van der Waals surface area contributed by atoms with Gasteiger partial charge in [-0.2, -0.15) is 4.98 Å². The van der Waals surface area contributed by atoms with Gasteiger partial charge < -0.3 is 18.9 Å². The van der Waals surface area contributed by atoms with E-state index in [9.17, 15) is 4.79 Å². The van der Waals surface area contributed by atoms with Gasteiger partial charge in [-0.3, -0.25) is 4.79 Å². The Morgan fingerprint density at radius 3 is 2.80 bits per heavy atom. The molecule has 2 aromatic carbocycles. The van der Waals surface area contributed by atoms with Crippen LogP contribution in [0, 0.1) is 0 Å². The van der Waals surface area contributed by atoms with Gasteiger partial charge in [-0.15, -0.1) is 0 Å². The molecule has 7 nitrogen and oxygen atoms in total. The van der Waals surface area contributed by atoms with Crippen molar-refractivity contribution in [2.45, 2.75) is 26.2 Å². The van der Waals surface area contributed by atoms with E-state index in [2.05, 4.69) is 17.1 Å². The summed E-state index contributed by atoms with van der Waals surface area (Å²) in [5.74, 6) is 2.21. The minimum atomic E-state index is -0.0930. The van der Waals surface area contributed by atoms with E-state index in [1.807, 2.05) is 30.3 Å². The maximum Gasteiger partial charge on any atom is 0.255 e. The summed E-state index contributed by atoms with van der Waals surface area (Å²) in [6, 6.07) is 12.6. The molecule has 1 aromatic heterocycles. The molecule has 0 fully saturated rings. The molecule has 30 heavy (non-hydrogen) atoms. The van der Waals surface area contributed by atoms with Gasteiger partial charge in [0.1, 0.15) is 0 Å². The predicted molar refractivity (Wildman–Crippen MR) is 112 cm³/mol. The fourth-order valence-electron chi connectivity index (χ4n) is 3.21. The summed E-state index contributed by atoms with van der Waals surface area (Å²) in [6.45, 7) is 3.41.